The van der Waals surface area contributed by atoms with Crippen LogP contribution in [0.4, 0.5) is 4.79 Å². The van der Waals surface area contributed by atoms with Crippen LogP contribution in [0, 0.1) is 0 Å². The third kappa shape index (κ3) is 4.73. The molecule has 0 unspecified atom stereocenters. The maximum absolute atomic E-state index is 11.9. The molecule has 1 amide bonds. The predicted molar refractivity (Wildman–Crippen MR) is 94.5 cm³/mol. The van der Waals surface area contributed by atoms with Crippen LogP contribution in [0.15, 0.2) is 54.6 Å². The topological polar surface area (TPSA) is 48.0 Å². The summed E-state index contributed by atoms with van der Waals surface area (Å²) in [6.07, 6.45) is -0.417. The van der Waals surface area contributed by atoms with Crippen molar-refractivity contribution in [3.63, 3.8) is 0 Å². The summed E-state index contributed by atoms with van der Waals surface area (Å²) in [5.74, 6) is 0.811. The zero-order valence-corrected chi connectivity index (χ0v) is 14.4. The van der Waals surface area contributed by atoms with Gasteiger partial charge < -0.3 is 19.1 Å². The van der Waals surface area contributed by atoms with Gasteiger partial charge in [0, 0.05) is 6.54 Å². The van der Waals surface area contributed by atoms with Crippen LogP contribution < -0.4 is 4.74 Å². The van der Waals surface area contributed by atoms with Gasteiger partial charge in [-0.05, 0) is 30.2 Å². The van der Waals surface area contributed by atoms with Crippen LogP contribution in [-0.4, -0.2) is 37.3 Å². The largest absolute Gasteiger partial charge is 0.489 e. The molecule has 2 aromatic carbocycles. The number of ether oxygens (including phenoxy) is 3. The fourth-order valence-corrected chi connectivity index (χ4v) is 2.75. The molecule has 0 N–H and O–H groups in total. The molecular weight excluding hydrogens is 318 g/mol. The summed E-state index contributed by atoms with van der Waals surface area (Å²) >= 11 is 0. The number of benzene rings is 2. The van der Waals surface area contributed by atoms with Crippen molar-refractivity contribution in [3.05, 3.63) is 65.7 Å². The van der Waals surface area contributed by atoms with Crippen molar-refractivity contribution in [2.24, 2.45) is 0 Å². The molecule has 5 nitrogen and oxygen atoms in total. The molecule has 0 spiro atoms. The van der Waals surface area contributed by atoms with Gasteiger partial charge in [-0.2, -0.15) is 0 Å². The van der Waals surface area contributed by atoms with E-state index in [1.54, 1.807) is 4.90 Å². The Morgan fingerprint density at radius 1 is 1.16 bits per heavy atom. The minimum Gasteiger partial charge on any atom is -0.489 e. The third-order valence-corrected chi connectivity index (χ3v) is 4.09. The van der Waals surface area contributed by atoms with Crippen molar-refractivity contribution >= 4 is 6.09 Å². The van der Waals surface area contributed by atoms with Gasteiger partial charge in [0.2, 0.25) is 0 Å². The second-order valence-electron chi connectivity index (χ2n) is 5.85. The molecule has 3 rings (SSSR count). The molecule has 0 radical (unpaired) electrons. The quantitative estimate of drug-likeness (QED) is 0.830. The Balaban J connectivity index is 1.57. The Hall–Kier alpha value is -2.53. The highest BCUT2D eigenvalue weighted by Gasteiger charge is 2.26. The number of hydrogen-bond donors (Lipinski definition) is 0. The van der Waals surface area contributed by atoms with E-state index >= 15 is 0 Å². The maximum atomic E-state index is 11.9. The number of hydrogen-bond acceptors (Lipinski definition) is 4. The third-order valence-electron chi connectivity index (χ3n) is 4.09. The molecule has 1 saturated heterocycles. The summed E-state index contributed by atoms with van der Waals surface area (Å²) in [5.41, 5.74) is 2.16. The molecule has 1 fully saturated rings. The van der Waals surface area contributed by atoms with Crippen molar-refractivity contribution in [2.45, 2.75) is 19.6 Å². The van der Waals surface area contributed by atoms with Gasteiger partial charge in [-0.1, -0.05) is 42.5 Å². The first-order chi connectivity index (χ1) is 12.3. The monoisotopic (exact) mass is 341 g/mol. The second kappa shape index (κ2) is 8.53. The van der Waals surface area contributed by atoms with E-state index in [9.17, 15) is 4.79 Å². The van der Waals surface area contributed by atoms with Gasteiger partial charge in [0.05, 0.1) is 19.8 Å². The summed E-state index contributed by atoms with van der Waals surface area (Å²) in [6.45, 7) is 4.31. The number of carbonyl (C=O) groups excluding carboxylic acids is 1. The zero-order valence-electron chi connectivity index (χ0n) is 14.4. The molecule has 1 heterocycles. The van der Waals surface area contributed by atoms with Crippen molar-refractivity contribution in [1.82, 2.24) is 4.90 Å². The van der Waals surface area contributed by atoms with Gasteiger partial charge in [0.25, 0.3) is 0 Å². The minimum atomic E-state index is -0.279. The minimum absolute atomic E-state index is 0.138. The number of carbonyl (C=O) groups is 1. The van der Waals surface area contributed by atoms with Gasteiger partial charge >= 0.3 is 6.09 Å². The van der Waals surface area contributed by atoms with Crippen LogP contribution in [0.2, 0.25) is 0 Å². The molecule has 1 aliphatic heterocycles. The maximum Gasteiger partial charge on any atom is 0.409 e. The lowest BCUT2D eigenvalue weighted by molar-refractivity contribution is -0.0280. The summed E-state index contributed by atoms with van der Waals surface area (Å²) in [4.78, 5) is 13.6. The van der Waals surface area contributed by atoms with Gasteiger partial charge in [0.15, 0.2) is 0 Å². The standard InChI is InChI=1S/C20H23NO4/c1-2-23-20(22)21-12-13-24-19(14-21)17-8-10-18(11-9-17)25-15-16-6-4-3-5-7-16/h3-11,19H,2,12-15H2,1H3/t19-/m0/s1. The molecule has 0 bridgehead atoms. The molecule has 2 aromatic rings. The molecule has 1 atom stereocenters. The van der Waals surface area contributed by atoms with E-state index in [1.165, 1.54) is 0 Å². The lowest BCUT2D eigenvalue weighted by Crippen LogP contribution is -2.42. The predicted octanol–water partition coefficient (Wildman–Crippen LogP) is 3.80. The van der Waals surface area contributed by atoms with Crippen molar-refractivity contribution < 1.29 is 19.0 Å². The van der Waals surface area contributed by atoms with Gasteiger partial charge in [-0.3, -0.25) is 0 Å². The van der Waals surface area contributed by atoms with Crippen LogP contribution in [0.1, 0.15) is 24.2 Å². The van der Waals surface area contributed by atoms with E-state index in [1.807, 2.05) is 61.5 Å². The highest BCUT2D eigenvalue weighted by atomic mass is 16.6. The summed E-state index contributed by atoms with van der Waals surface area (Å²) < 4.78 is 16.7. The highest BCUT2D eigenvalue weighted by Crippen LogP contribution is 2.25. The molecule has 0 aromatic heterocycles. The molecule has 132 valence electrons. The molecule has 25 heavy (non-hydrogen) atoms. The molecular formula is C20H23NO4. The number of amides is 1. The molecule has 1 aliphatic rings. The lowest BCUT2D eigenvalue weighted by atomic mass is 10.1. The number of rotatable bonds is 5. The van der Waals surface area contributed by atoms with Crippen LogP contribution in [0.5, 0.6) is 5.75 Å². The van der Waals surface area contributed by atoms with Crippen LogP contribution in [0.3, 0.4) is 0 Å². The second-order valence-corrected chi connectivity index (χ2v) is 5.85. The Morgan fingerprint density at radius 2 is 1.92 bits per heavy atom. The first-order valence-corrected chi connectivity index (χ1v) is 8.56. The summed E-state index contributed by atoms with van der Waals surface area (Å²) in [7, 11) is 0. The van der Waals surface area contributed by atoms with E-state index in [0.29, 0.717) is 32.9 Å². The van der Waals surface area contributed by atoms with Crippen molar-refractivity contribution in [3.8, 4) is 5.75 Å². The van der Waals surface area contributed by atoms with Crippen LogP contribution in [-0.2, 0) is 16.1 Å². The van der Waals surface area contributed by atoms with E-state index in [-0.39, 0.29) is 12.2 Å². The van der Waals surface area contributed by atoms with Gasteiger partial charge in [0.1, 0.15) is 18.5 Å². The zero-order chi connectivity index (χ0) is 17.5. The van der Waals surface area contributed by atoms with Crippen molar-refractivity contribution in [2.75, 3.05) is 26.3 Å². The Kier molecular flexibility index (Phi) is 5.90. The average molecular weight is 341 g/mol. The number of nitrogens with zero attached hydrogens (tertiary/aromatic N) is 1. The Bertz CT molecular complexity index is 672. The van der Waals surface area contributed by atoms with E-state index in [0.717, 1.165) is 16.9 Å². The smallest absolute Gasteiger partial charge is 0.409 e. The SMILES string of the molecule is CCOC(=O)N1CCO[C@H](c2ccc(OCc3ccccc3)cc2)C1. The van der Waals surface area contributed by atoms with Crippen LogP contribution in [0.25, 0.3) is 0 Å². The normalized spacial score (nSPS) is 17.2. The van der Waals surface area contributed by atoms with Crippen LogP contribution >= 0.6 is 0 Å². The fraction of sp³-hybridized carbons (Fsp3) is 0.350. The van der Waals surface area contributed by atoms with Gasteiger partial charge in [-0.25, -0.2) is 4.79 Å². The van der Waals surface area contributed by atoms with E-state index in [4.69, 9.17) is 14.2 Å². The summed E-state index contributed by atoms with van der Waals surface area (Å²) in [6, 6.07) is 17.9. The molecule has 0 saturated carbocycles. The number of morpholine rings is 1. The summed E-state index contributed by atoms with van der Waals surface area (Å²) in [5, 5.41) is 0. The first-order valence-electron chi connectivity index (χ1n) is 8.56. The van der Waals surface area contributed by atoms with Crippen molar-refractivity contribution in [1.29, 1.82) is 0 Å². The molecule has 5 heteroatoms. The Morgan fingerprint density at radius 3 is 2.64 bits per heavy atom. The van der Waals surface area contributed by atoms with E-state index < -0.39 is 0 Å². The Labute approximate surface area is 148 Å². The lowest BCUT2D eigenvalue weighted by Gasteiger charge is -2.32. The molecule has 0 aliphatic carbocycles. The van der Waals surface area contributed by atoms with E-state index in [2.05, 4.69) is 0 Å². The van der Waals surface area contributed by atoms with Gasteiger partial charge in [-0.15, -0.1) is 0 Å². The fourth-order valence-electron chi connectivity index (χ4n) is 2.75. The first kappa shape index (κ1) is 17.3. The highest BCUT2D eigenvalue weighted by molar-refractivity contribution is 5.67. The average Bonchev–Trinajstić information content (AvgIpc) is 2.68.